The van der Waals surface area contributed by atoms with Crippen molar-refractivity contribution in [3.8, 4) is 0 Å². The molecule has 0 atom stereocenters. The van der Waals surface area contributed by atoms with Gasteiger partial charge in [-0.25, -0.2) is 0 Å². The molecule has 0 aromatic heterocycles. The zero-order valence-corrected chi connectivity index (χ0v) is 7.53. The van der Waals surface area contributed by atoms with E-state index < -0.39 is 0 Å². The molecule has 0 fully saturated rings. The second kappa shape index (κ2) is 3.42. The highest BCUT2D eigenvalue weighted by Gasteiger charge is 2.17. The molecule has 0 saturated carbocycles. The number of anilines is 1. The fourth-order valence-electron chi connectivity index (χ4n) is 1.57. The highest BCUT2D eigenvalue weighted by atomic mass is 15.1. The molecule has 0 radical (unpaired) electrons. The van der Waals surface area contributed by atoms with Crippen LogP contribution in [-0.4, -0.2) is 6.54 Å². The molecule has 0 N–H and O–H groups in total. The van der Waals surface area contributed by atoms with Crippen molar-refractivity contribution in [2.45, 2.75) is 6.42 Å². The molecule has 0 amide bonds. The Bertz CT molecular complexity index is 339. The summed E-state index contributed by atoms with van der Waals surface area (Å²) in [7, 11) is 0. The lowest BCUT2D eigenvalue weighted by Crippen LogP contribution is -2.19. The molecule has 64 valence electrons. The summed E-state index contributed by atoms with van der Waals surface area (Å²) in [6.45, 7) is 4.59. The second-order valence-corrected chi connectivity index (χ2v) is 3.08. The molecular formula is C12H12N+. The van der Waals surface area contributed by atoms with Crippen molar-refractivity contribution < 1.29 is 0 Å². The third-order valence-electron chi connectivity index (χ3n) is 2.17. The maximum atomic E-state index is 3.74. The molecule has 1 heteroatoms. The minimum Gasteiger partial charge on any atom is -0.300 e. The molecule has 0 spiro atoms. The van der Waals surface area contributed by atoms with Crippen LogP contribution in [0.25, 0.3) is 0 Å². The van der Waals surface area contributed by atoms with Gasteiger partial charge in [-0.15, -0.1) is 6.58 Å². The van der Waals surface area contributed by atoms with Gasteiger partial charge in [0.05, 0.1) is 5.69 Å². The van der Waals surface area contributed by atoms with Gasteiger partial charge in [-0.05, 0) is 6.07 Å². The SMILES string of the molecule is C=CCN1C=[C+]Cc2ccccc21. The Morgan fingerprint density at radius 3 is 3.15 bits per heavy atom. The summed E-state index contributed by atoms with van der Waals surface area (Å²) >= 11 is 0. The monoisotopic (exact) mass is 170 g/mol. The Morgan fingerprint density at radius 2 is 2.31 bits per heavy atom. The normalized spacial score (nSPS) is 13.4. The Labute approximate surface area is 79.0 Å². The molecule has 0 bridgehead atoms. The van der Waals surface area contributed by atoms with Crippen molar-refractivity contribution in [3.05, 3.63) is 54.8 Å². The van der Waals surface area contributed by atoms with Crippen LogP contribution in [0.3, 0.4) is 0 Å². The van der Waals surface area contributed by atoms with Gasteiger partial charge in [0.2, 0.25) is 12.3 Å². The number of rotatable bonds is 2. The number of fused-ring (bicyclic) bond motifs is 1. The average molecular weight is 170 g/mol. The molecule has 13 heavy (non-hydrogen) atoms. The van der Waals surface area contributed by atoms with E-state index in [1.54, 1.807) is 0 Å². The van der Waals surface area contributed by atoms with Gasteiger partial charge >= 0.3 is 0 Å². The molecule has 0 unspecified atom stereocenters. The van der Waals surface area contributed by atoms with E-state index in [1.807, 2.05) is 12.3 Å². The van der Waals surface area contributed by atoms with Crippen LogP contribution in [0.1, 0.15) is 5.56 Å². The van der Waals surface area contributed by atoms with Crippen LogP contribution < -0.4 is 4.90 Å². The molecule has 0 aliphatic carbocycles. The molecule has 1 aromatic rings. The maximum Gasteiger partial charge on any atom is 0.249 e. The number of hydrogen-bond acceptors (Lipinski definition) is 1. The van der Waals surface area contributed by atoms with E-state index in [0.29, 0.717) is 0 Å². The minimum atomic E-state index is 0.851. The molecule has 1 nitrogen and oxygen atoms in total. The zero-order chi connectivity index (χ0) is 9.10. The fraction of sp³-hybridized carbons (Fsp3) is 0.167. The number of benzene rings is 1. The van der Waals surface area contributed by atoms with E-state index in [2.05, 4.69) is 41.8 Å². The van der Waals surface area contributed by atoms with Gasteiger partial charge in [0, 0.05) is 12.1 Å². The summed E-state index contributed by atoms with van der Waals surface area (Å²) in [5, 5.41) is 0. The Kier molecular flexibility index (Phi) is 2.11. The average Bonchev–Trinajstić information content (AvgIpc) is 2.19. The number of hydrogen-bond donors (Lipinski definition) is 0. The number of allylic oxidation sites excluding steroid dienone is 1. The van der Waals surface area contributed by atoms with Crippen LogP contribution in [0, 0.1) is 6.08 Å². The summed E-state index contributed by atoms with van der Waals surface area (Å²) in [4.78, 5) is 2.16. The summed E-state index contributed by atoms with van der Waals surface area (Å²) in [5.74, 6) is 0. The lowest BCUT2D eigenvalue weighted by molar-refractivity contribution is 1.01. The van der Waals surface area contributed by atoms with Crippen LogP contribution in [0.15, 0.2) is 43.1 Å². The van der Waals surface area contributed by atoms with Crippen molar-refractivity contribution in [1.29, 1.82) is 0 Å². The van der Waals surface area contributed by atoms with Gasteiger partial charge in [0.1, 0.15) is 0 Å². The summed E-state index contributed by atoms with van der Waals surface area (Å²) in [5.41, 5.74) is 2.62. The van der Waals surface area contributed by atoms with Gasteiger partial charge in [-0.3, -0.25) is 0 Å². The first kappa shape index (κ1) is 8.03. The summed E-state index contributed by atoms with van der Waals surface area (Å²) in [6.07, 6.45) is 8.06. The van der Waals surface area contributed by atoms with Crippen molar-refractivity contribution in [1.82, 2.24) is 0 Å². The van der Waals surface area contributed by atoms with Crippen molar-refractivity contribution in [2.75, 3.05) is 11.4 Å². The topological polar surface area (TPSA) is 3.24 Å². The summed E-state index contributed by atoms with van der Waals surface area (Å²) < 4.78 is 0. The highest BCUT2D eigenvalue weighted by molar-refractivity contribution is 5.58. The van der Waals surface area contributed by atoms with Crippen molar-refractivity contribution >= 4 is 5.69 Å². The van der Waals surface area contributed by atoms with E-state index in [4.69, 9.17) is 0 Å². The quantitative estimate of drug-likeness (QED) is 0.487. The van der Waals surface area contributed by atoms with Crippen LogP contribution in [-0.2, 0) is 6.42 Å². The molecular weight excluding hydrogens is 158 g/mol. The molecule has 2 rings (SSSR count). The lowest BCUT2D eigenvalue weighted by atomic mass is 10.1. The predicted molar refractivity (Wildman–Crippen MR) is 55.5 cm³/mol. The van der Waals surface area contributed by atoms with E-state index >= 15 is 0 Å². The van der Waals surface area contributed by atoms with Gasteiger partial charge in [-0.2, -0.15) is 0 Å². The minimum absolute atomic E-state index is 0.851. The third kappa shape index (κ3) is 1.47. The summed E-state index contributed by atoms with van der Waals surface area (Å²) in [6, 6.07) is 8.41. The fourth-order valence-corrected chi connectivity index (χ4v) is 1.57. The smallest absolute Gasteiger partial charge is 0.249 e. The van der Waals surface area contributed by atoms with E-state index in [-0.39, 0.29) is 0 Å². The third-order valence-corrected chi connectivity index (χ3v) is 2.17. The van der Waals surface area contributed by atoms with Crippen LogP contribution in [0.2, 0.25) is 0 Å². The standard InChI is InChI=1S/C12H12N/c1-2-9-13-10-5-7-11-6-3-4-8-12(11)13/h2-4,6,8,10H,1,7,9H2/q+1. The first-order chi connectivity index (χ1) is 6.42. The Hall–Kier alpha value is -1.59. The predicted octanol–water partition coefficient (Wildman–Crippen LogP) is 2.55. The van der Waals surface area contributed by atoms with Gasteiger partial charge in [0.25, 0.3) is 0 Å². The van der Waals surface area contributed by atoms with E-state index in [1.165, 1.54) is 11.3 Å². The molecule has 0 saturated heterocycles. The molecule has 1 aliphatic heterocycles. The van der Waals surface area contributed by atoms with Crippen LogP contribution in [0.5, 0.6) is 0 Å². The highest BCUT2D eigenvalue weighted by Crippen LogP contribution is 2.24. The largest absolute Gasteiger partial charge is 0.300 e. The molecule has 1 aromatic carbocycles. The Balaban J connectivity index is 2.36. The number of nitrogens with zero attached hydrogens (tertiary/aromatic N) is 1. The van der Waals surface area contributed by atoms with Gasteiger partial charge in [0.15, 0.2) is 6.42 Å². The first-order valence-electron chi connectivity index (χ1n) is 4.44. The Morgan fingerprint density at radius 1 is 1.46 bits per heavy atom. The van der Waals surface area contributed by atoms with E-state index in [9.17, 15) is 0 Å². The second-order valence-electron chi connectivity index (χ2n) is 3.08. The number of para-hydroxylation sites is 1. The van der Waals surface area contributed by atoms with Crippen LogP contribution >= 0.6 is 0 Å². The first-order valence-corrected chi connectivity index (χ1v) is 4.44. The molecule has 1 aliphatic rings. The zero-order valence-electron chi connectivity index (χ0n) is 7.53. The molecule has 1 heterocycles. The van der Waals surface area contributed by atoms with Gasteiger partial charge < -0.3 is 4.90 Å². The van der Waals surface area contributed by atoms with Gasteiger partial charge in [-0.1, -0.05) is 24.3 Å². The van der Waals surface area contributed by atoms with E-state index in [0.717, 1.165) is 13.0 Å². The van der Waals surface area contributed by atoms with Crippen LogP contribution in [0.4, 0.5) is 5.69 Å². The van der Waals surface area contributed by atoms with Crippen molar-refractivity contribution in [2.24, 2.45) is 0 Å². The van der Waals surface area contributed by atoms with Crippen molar-refractivity contribution in [3.63, 3.8) is 0 Å². The maximum absolute atomic E-state index is 3.74. The lowest BCUT2D eigenvalue weighted by Gasteiger charge is -2.18.